The van der Waals surface area contributed by atoms with Gasteiger partial charge in [0, 0.05) is 24.1 Å². The fraction of sp³-hybridized carbons (Fsp3) is 0.417. The van der Waals surface area contributed by atoms with Gasteiger partial charge in [0.05, 0.1) is 5.60 Å². The molecule has 1 fully saturated rings. The topological polar surface area (TPSA) is 61.4 Å². The number of carbonyl (C=O) groups is 1. The maximum atomic E-state index is 12.9. The van der Waals surface area contributed by atoms with E-state index in [4.69, 9.17) is 0 Å². The molecule has 0 spiro atoms. The molecule has 2 rings (SSSR count). The van der Waals surface area contributed by atoms with Crippen molar-refractivity contribution in [1.29, 1.82) is 0 Å². The van der Waals surface area contributed by atoms with Crippen molar-refractivity contribution in [3.05, 3.63) is 29.8 Å². The lowest BCUT2D eigenvalue weighted by Crippen LogP contribution is -2.44. The molecule has 104 valence electrons. The van der Waals surface area contributed by atoms with Gasteiger partial charge >= 0.3 is 6.03 Å². The fourth-order valence-corrected chi connectivity index (χ4v) is 3.08. The molecule has 3 N–H and O–H groups in total. The molecule has 19 heavy (non-hydrogen) atoms. The number of hydrogen-bond donors (Lipinski definition) is 3. The van der Waals surface area contributed by atoms with Crippen molar-refractivity contribution in [2.24, 2.45) is 0 Å². The summed E-state index contributed by atoms with van der Waals surface area (Å²) in [5.41, 5.74) is -0.863. The van der Waals surface area contributed by atoms with Crippen LogP contribution in [0, 0.1) is 11.6 Å². The maximum Gasteiger partial charge on any atom is 0.319 e. The molecule has 0 bridgehead atoms. The van der Waals surface area contributed by atoms with Crippen LogP contribution in [0.1, 0.15) is 6.42 Å². The highest BCUT2D eigenvalue weighted by Gasteiger charge is 2.31. The predicted octanol–water partition coefficient (Wildman–Crippen LogP) is 1.95. The summed E-state index contributed by atoms with van der Waals surface area (Å²) in [5.74, 6) is -0.0983. The molecular weight excluding hydrogens is 274 g/mol. The summed E-state index contributed by atoms with van der Waals surface area (Å²) in [5, 5.41) is 14.8. The van der Waals surface area contributed by atoms with E-state index in [-0.39, 0.29) is 12.2 Å². The standard InChI is InChI=1S/C12H14F2N2O2S/c13-8-3-9(14)5-10(4-8)16-11(17)15-6-12(18)1-2-19-7-12/h3-5,18H,1-2,6-7H2,(H2,15,16,17). The van der Waals surface area contributed by atoms with Gasteiger partial charge in [-0.25, -0.2) is 13.6 Å². The lowest BCUT2D eigenvalue weighted by Gasteiger charge is -2.21. The van der Waals surface area contributed by atoms with Gasteiger partial charge in [-0.05, 0) is 24.3 Å². The van der Waals surface area contributed by atoms with Crippen molar-refractivity contribution >= 4 is 23.5 Å². The summed E-state index contributed by atoms with van der Waals surface area (Å²) >= 11 is 1.62. The third-order valence-corrected chi connectivity index (χ3v) is 4.02. The number of hydrogen-bond acceptors (Lipinski definition) is 3. The monoisotopic (exact) mass is 288 g/mol. The van der Waals surface area contributed by atoms with Gasteiger partial charge in [0.15, 0.2) is 0 Å². The maximum absolute atomic E-state index is 12.9. The molecule has 7 heteroatoms. The summed E-state index contributed by atoms with van der Waals surface area (Å²) in [6, 6.07) is 2.16. The van der Waals surface area contributed by atoms with Crippen molar-refractivity contribution in [3.8, 4) is 0 Å². The molecule has 0 saturated carbocycles. The quantitative estimate of drug-likeness (QED) is 0.796. The Hall–Kier alpha value is -1.34. The van der Waals surface area contributed by atoms with Crippen molar-refractivity contribution < 1.29 is 18.7 Å². The van der Waals surface area contributed by atoms with Crippen LogP contribution in [-0.2, 0) is 0 Å². The van der Waals surface area contributed by atoms with E-state index >= 15 is 0 Å². The highest BCUT2D eigenvalue weighted by atomic mass is 32.2. The lowest BCUT2D eigenvalue weighted by atomic mass is 10.0. The summed E-state index contributed by atoms with van der Waals surface area (Å²) in [6.07, 6.45) is 0.618. The highest BCUT2D eigenvalue weighted by molar-refractivity contribution is 7.99. The number of halogens is 2. The summed E-state index contributed by atoms with van der Waals surface area (Å²) in [7, 11) is 0. The predicted molar refractivity (Wildman–Crippen MR) is 70.3 cm³/mol. The average molecular weight is 288 g/mol. The molecule has 1 aromatic carbocycles. The molecule has 1 aromatic rings. The third kappa shape index (κ3) is 4.07. The Morgan fingerprint density at radius 2 is 2.05 bits per heavy atom. The Morgan fingerprint density at radius 1 is 1.37 bits per heavy atom. The van der Waals surface area contributed by atoms with E-state index in [0.717, 1.165) is 24.0 Å². The van der Waals surface area contributed by atoms with Crippen LogP contribution in [0.3, 0.4) is 0 Å². The number of urea groups is 1. The van der Waals surface area contributed by atoms with Gasteiger partial charge in [-0.1, -0.05) is 0 Å². The second kappa shape index (κ2) is 5.75. The normalized spacial score (nSPS) is 22.3. The van der Waals surface area contributed by atoms with Crippen molar-refractivity contribution in [1.82, 2.24) is 5.32 Å². The Kier molecular flexibility index (Phi) is 4.26. The zero-order valence-electron chi connectivity index (χ0n) is 10.1. The zero-order valence-corrected chi connectivity index (χ0v) is 10.9. The Bertz CT molecular complexity index is 459. The van der Waals surface area contributed by atoms with Crippen molar-refractivity contribution in [2.45, 2.75) is 12.0 Å². The van der Waals surface area contributed by atoms with E-state index < -0.39 is 23.3 Å². The first-order valence-electron chi connectivity index (χ1n) is 5.78. The second-order valence-electron chi connectivity index (χ2n) is 4.49. The molecule has 1 saturated heterocycles. The van der Waals surface area contributed by atoms with Gasteiger partial charge < -0.3 is 15.7 Å². The number of carbonyl (C=O) groups excluding carboxylic acids is 1. The molecule has 0 aromatic heterocycles. The fourth-order valence-electron chi connectivity index (χ4n) is 1.78. The molecule has 0 radical (unpaired) electrons. The molecule has 2 amide bonds. The minimum absolute atomic E-state index is 0.0304. The lowest BCUT2D eigenvalue weighted by molar-refractivity contribution is 0.0706. The minimum atomic E-state index is -0.894. The van der Waals surface area contributed by atoms with Gasteiger partial charge in [0.25, 0.3) is 0 Å². The second-order valence-corrected chi connectivity index (χ2v) is 5.60. The first-order valence-corrected chi connectivity index (χ1v) is 6.93. The molecule has 4 nitrogen and oxygen atoms in total. The van der Waals surface area contributed by atoms with Gasteiger partial charge in [-0.2, -0.15) is 11.8 Å². The summed E-state index contributed by atoms with van der Waals surface area (Å²) < 4.78 is 25.8. The highest BCUT2D eigenvalue weighted by Crippen LogP contribution is 2.26. The number of nitrogens with one attached hydrogen (secondary N) is 2. The third-order valence-electron chi connectivity index (χ3n) is 2.78. The van der Waals surface area contributed by atoms with Crippen LogP contribution in [0.25, 0.3) is 0 Å². The van der Waals surface area contributed by atoms with E-state index in [1.807, 2.05) is 0 Å². The smallest absolute Gasteiger partial charge is 0.319 e. The van der Waals surface area contributed by atoms with Crippen LogP contribution in [0.5, 0.6) is 0 Å². The number of aliphatic hydroxyl groups is 1. The van der Waals surface area contributed by atoms with Crippen LogP contribution < -0.4 is 10.6 Å². The van der Waals surface area contributed by atoms with Gasteiger partial charge in [-0.3, -0.25) is 0 Å². The van der Waals surface area contributed by atoms with Crippen molar-refractivity contribution in [3.63, 3.8) is 0 Å². The van der Waals surface area contributed by atoms with Crippen LogP contribution in [0.4, 0.5) is 19.3 Å². The largest absolute Gasteiger partial charge is 0.387 e. The number of rotatable bonds is 3. The van der Waals surface area contributed by atoms with Gasteiger partial charge in [0.1, 0.15) is 11.6 Å². The number of amides is 2. The van der Waals surface area contributed by atoms with E-state index in [1.165, 1.54) is 0 Å². The van der Waals surface area contributed by atoms with E-state index in [2.05, 4.69) is 10.6 Å². The Morgan fingerprint density at radius 3 is 2.63 bits per heavy atom. The Labute approximate surface area is 113 Å². The molecule has 1 heterocycles. The van der Waals surface area contributed by atoms with E-state index in [9.17, 15) is 18.7 Å². The number of anilines is 1. The zero-order chi connectivity index (χ0) is 13.9. The molecule has 1 unspecified atom stereocenters. The average Bonchev–Trinajstić information content (AvgIpc) is 2.73. The Balaban J connectivity index is 1.87. The molecule has 1 atom stereocenters. The summed E-state index contributed by atoms with van der Waals surface area (Å²) in [6.45, 7) is 0.115. The van der Waals surface area contributed by atoms with Crippen LogP contribution in [0.15, 0.2) is 18.2 Å². The SMILES string of the molecule is O=C(NCC1(O)CCSC1)Nc1cc(F)cc(F)c1. The van der Waals surface area contributed by atoms with Crippen LogP contribution in [-0.4, -0.2) is 34.8 Å². The van der Waals surface area contributed by atoms with Crippen LogP contribution >= 0.6 is 11.8 Å². The van der Waals surface area contributed by atoms with Gasteiger partial charge in [0.2, 0.25) is 0 Å². The minimum Gasteiger partial charge on any atom is -0.387 e. The van der Waals surface area contributed by atoms with E-state index in [0.29, 0.717) is 12.2 Å². The molecule has 1 aliphatic heterocycles. The van der Waals surface area contributed by atoms with Crippen LogP contribution in [0.2, 0.25) is 0 Å². The first-order chi connectivity index (χ1) is 8.97. The molecule has 0 aliphatic carbocycles. The summed E-state index contributed by atoms with van der Waals surface area (Å²) in [4.78, 5) is 11.5. The van der Waals surface area contributed by atoms with Gasteiger partial charge in [-0.15, -0.1) is 0 Å². The molecular formula is C12H14F2N2O2S. The number of thioether (sulfide) groups is 1. The number of benzene rings is 1. The van der Waals surface area contributed by atoms with E-state index in [1.54, 1.807) is 11.8 Å². The first kappa shape index (κ1) is 14.1. The molecule has 1 aliphatic rings. The van der Waals surface area contributed by atoms with Crippen molar-refractivity contribution in [2.75, 3.05) is 23.4 Å².